The van der Waals surface area contributed by atoms with E-state index in [0.717, 1.165) is 25.3 Å². The van der Waals surface area contributed by atoms with Crippen molar-refractivity contribution in [3.05, 3.63) is 29.8 Å². The van der Waals surface area contributed by atoms with Crippen LogP contribution in [0.15, 0.2) is 24.3 Å². The smallest absolute Gasteiger partial charge is 0.119 e. The van der Waals surface area contributed by atoms with Crippen LogP contribution in [0, 0.1) is 11.8 Å². The lowest BCUT2D eigenvalue weighted by Crippen LogP contribution is -2.38. The molecule has 4 nitrogen and oxygen atoms in total. The molecule has 118 valence electrons. The molecule has 1 aromatic carbocycles. The molecular weight excluding hydrogens is 262 g/mol. The van der Waals surface area contributed by atoms with Crippen molar-refractivity contribution < 1.29 is 4.74 Å². The Kier molecular flexibility index (Phi) is 6.03. The van der Waals surface area contributed by atoms with Gasteiger partial charge in [0, 0.05) is 12.6 Å². The third-order valence-corrected chi connectivity index (χ3v) is 4.21. The number of hydrogen-bond acceptors (Lipinski definition) is 4. The van der Waals surface area contributed by atoms with Crippen LogP contribution in [0.4, 0.5) is 0 Å². The molecule has 4 heteroatoms. The zero-order valence-electron chi connectivity index (χ0n) is 13.6. The Morgan fingerprint density at radius 2 is 1.90 bits per heavy atom. The first-order chi connectivity index (χ1) is 10.1. The molecule has 1 aliphatic rings. The minimum absolute atomic E-state index is 0.355. The van der Waals surface area contributed by atoms with Crippen molar-refractivity contribution in [2.75, 3.05) is 20.2 Å². The van der Waals surface area contributed by atoms with Crippen molar-refractivity contribution in [1.82, 2.24) is 16.2 Å². The molecule has 2 rings (SSSR count). The zero-order valence-corrected chi connectivity index (χ0v) is 13.6. The third kappa shape index (κ3) is 4.43. The number of likely N-dealkylation sites (N-methyl/N-ethyl adjacent to an activating group) is 1. The summed E-state index contributed by atoms with van der Waals surface area (Å²) in [6.45, 7) is 8.48. The summed E-state index contributed by atoms with van der Waals surface area (Å²) in [5.41, 5.74) is 8.09. The van der Waals surface area contributed by atoms with Gasteiger partial charge >= 0.3 is 0 Å². The fourth-order valence-electron chi connectivity index (χ4n) is 2.72. The molecule has 0 radical (unpaired) electrons. The number of ether oxygens (including phenoxy) is 1. The van der Waals surface area contributed by atoms with E-state index in [9.17, 15) is 0 Å². The fourth-order valence-corrected chi connectivity index (χ4v) is 2.72. The highest BCUT2D eigenvalue weighted by Crippen LogP contribution is 2.29. The van der Waals surface area contributed by atoms with Gasteiger partial charge in [-0.3, -0.25) is 5.43 Å². The SMILES string of the molecule is CNCC1NNC(c2ccc(OCCC(C)C)cc2)C1C. The topological polar surface area (TPSA) is 45.3 Å². The minimum atomic E-state index is 0.355. The molecule has 1 heterocycles. The van der Waals surface area contributed by atoms with Gasteiger partial charge in [-0.05, 0) is 43.0 Å². The van der Waals surface area contributed by atoms with E-state index in [1.807, 2.05) is 7.05 Å². The number of benzene rings is 1. The first kappa shape index (κ1) is 16.3. The Morgan fingerprint density at radius 3 is 2.52 bits per heavy atom. The van der Waals surface area contributed by atoms with E-state index >= 15 is 0 Å². The van der Waals surface area contributed by atoms with Crippen molar-refractivity contribution in [1.29, 1.82) is 0 Å². The summed E-state index contributed by atoms with van der Waals surface area (Å²) in [5.74, 6) is 2.19. The third-order valence-electron chi connectivity index (χ3n) is 4.21. The molecule has 0 amide bonds. The van der Waals surface area contributed by atoms with Crippen LogP contribution in [0.2, 0.25) is 0 Å². The molecule has 1 aliphatic heterocycles. The van der Waals surface area contributed by atoms with Crippen LogP contribution in [0.5, 0.6) is 5.75 Å². The van der Waals surface area contributed by atoms with Gasteiger partial charge in [0.15, 0.2) is 0 Å². The van der Waals surface area contributed by atoms with Gasteiger partial charge in [-0.1, -0.05) is 32.9 Å². The van der Waals surface area contributed by atoms with Gasteiger partial charge in [0.25, 0.3) is 0 Å². The van der Waals surface area contributed by atoms with Crippen molar-refractivity contribution in [3.63, 3.8) is 0 Å². The summed E-state index contributed by atoms with van der Waals surface area (Å²) in [5, 5.41) is 3.23. The van der Waals surface area contributed by atoms with Crippen molar-refractivity contribution in [2.24, 2.45) is 11.8 Å². The molecule has 0 aliphatic carbocycles. The Bertz CT molecular complexity index is 419. The van der Waals surface area contributed by atoms with Crippen LogP contribution in [0.25, 0.3) is 0 Å². The van der Waals surface area contributed by atoms with Crippen molar-refractivity contribution in [3.8, 4) is 5.75 Å². The Balaban J connectivity index is 1.90. The second-order valence-electron chi connectivity index (χ2n) is 6.39. The summed E-state index contributed by atoms with van der Waals surface area (Å²) in [6, 6.07) is 9.31. The second kappa shape index (κ2) is 7.78. The molecule has 3 N–H and O–H groups in total. The maximum absolute atomic E-state index is 5.77. The quantitative estimate of drug-likeness (QED) is 0.722. The van der Waals surface area contributed by atoms with Gasteiger partial charge in [-0.15, -0.1) is 0 Å². The average molecular weight is 291 g/mol. The van der Waals surface area contributed by atoms with Gasteiger partial charge in [0.1, 0.15) is 5.75 Å². The lowest BCUT2D eigenvalue weighted by molar-refractivity contribution is 0.289. The van der Waals surface area contributed by atoms with Crippen LogP contribution in [-0.4, -0.2) is 26.2 Å². The molecule has 1 saturated heterocycles. The van der Waals surface area contributed by atoms with Gasteiger partial charge in [-0.2, -0.15) is 0 Å². The van der Waals surface area contributed by atoms with Crippen LogP contribution >= 0.6 is 0 Å². The lowest BCUT2D eigenvalue weighted by Gasteiger charge is -2.19. The summed E-state index contributed by atoms with van der Waals surface area (Å²) >= 11 is 0. The molecule has 3 atom stereocenters. The minimum Gasteiger partial charge on any atom is -0.494 e. The maximum Gasteiger partial charge on any atom is 0.119 e. The monoisotopic (exact) mass is 291 g/mol. The molecular formula is C17H29N3O. The molecule has 21 heavy (non-hydrogen) atoms. The van der Waals surface area contributed by atoms with Gasteiger partial charge in [0.2, 0.25) is 0 Å². The van der Waals surface area contributed by atoms with Gasteiger partial charge < -0.3 is 10.1 Å². The Hall–Kier alpha value is -1.10. The van der Waals surface area contributed by atoms with E-state index in [-0.39, 0.29) is 0 Å². The highest BCUT2D eigenvalue weighted by molar-refractivity contribution is 5.30. The van der Waals surface area contributed by atoms with Crippen molar-refractivity contribution >= 4 is 0 Å². The molecule has 3 unspecified atom stereocenters. The Labute approximate surface area is 128 Å². The largest absolute Gasteiger partial charge is 0.494 e. The van der Waals surface area contributed by atoms with Crippen LogP contribution in [-0.2, 0) is 0 Å². The molecule has 0 bridgehead atoms. The van der Waals surface area contributed by atoms with E-state index in [2.05, 4.69) is 61.2 Å². The summed E-state index contributed by atoms with van der Waals surface area (Å²) < 4.78 is 5.77. The first-order valence-corrected chi connectivity index (χ1v) is 8.00. The number of hydrogen-bond donors (Lipinski definition) is 3. The second-order valence-corrected chi connectivity index (χ2v) is 6.39. The predicted octanol–water partition coefficient (Wildman–Crippen LogP) is 2.48. The summed E-state index contributed by atoms with van der Waals surface area (Å²) in [6.07, 6.45) is 1.10. The number of nitrogens with one attached hydrogen (secondary N) is 3. The Morgan fingerprint density at radius 1 is 1.19 bits per heavy atom. The highest BCUT2D eigenvalue weighted by Gasteiger charge is 2.32. The summed E-state index contributed by atoms with van der Waals surface area (Å²) in [4.78, 5) is 0. The van der Waals surface area contributed by atoms with E-state index in [1.54, 1.807) is 0 Å². The van der Waals surface area contributed by atoms with Crippen molar-refractivity contribution in [2.45, 2.75) is 39.3 Å². The van der Waals surface area contributed by atoms with E-state index in [0.29, 0.717) is 23.9 Å². The molecule has 0 aromatic heterocycles. The fraction of sp³-hybridized carbons (Fsp3) is 0.647. The first-order valence-electron chi connectivity index (χ1n) is 8.00. The highest BCUT2D eigenvalue weighted by atomic mass is 16.5. The zero-order chi connectivity index (χ0) is 15.2. The van der Waals surface area contributed by atoms with E-state index in [4.69, 9.17) is 4.74 Å². The van der Waals surface area contributed by atoms with Gasteiger partial charge in [-0.25, -0.2) is 5.43 Å². The standard InChI is InChI=1S/C17H29N3O/c1-12(2)9-10-21-15-7-5-14(6-8-15)17-13(3)16(11-18-4)19-20-17/h5-8,12-13,16-20H,9-11H2,1-4H3. The normalized spacial score (nSPS) is 25.5. The van der Waals surface area contributed by atoms with E-state index < -0.39 is 0 Å². The molecule has 0 spiro atoms. The van der Waals surface area contributed by atoms with Crippen LogP contribution in [0.3, 0.4) is 0 Å². The average Bonchev–Trinajstić information content (AvgIpc) is 2.81. The summed E-state index contributed by atoms with van der Waals surface area (Å²) in [7, 11) is 1.99. The maximum atomic E-state index is 5.77. The molecule has 1 aromatic rings. The predicted molar refractivity (Wildman–Crippen MR) is 87.3 cm³/mol. The van der Waals surface area contributed by atoms with Gasteiger partial charge in [0.05, 0.1) is 12.6 Å². The number of hydrazine groups is 1. The van der Waals surface area contributed by atoms with Crippen LogP contribution in [0.1, 0.15) is 38.8 Å². The van der Waals surface area contributed by atoms with Crippen LogP contribution < -0.4 is 20.9 Å². The lowest BCUT2D eigenvalue weighted by atomic mass is 9.91. The molecule has 0 saturated carbocycles. The molecule has 1 fully saturated rings. The van der Waals surface area contributed by atoms with E-state index in [1.165, 1.54) is 5.56 Å². The number of rotatable bonds is 7.